The van der Waals surface area contributed by atoms with Crippen molar-refractivity contribution in [2.24, 2.45) is 5.92 Å². The lowest BCUT2D eigenvalue weighted by Gasteiger charge is -2.07. The van der Waals surface area contributed by atoms with Crippen LogP contribution in [0.4, 0.5) is 4.39 Å². The van der Waals surface area contributed by atoms with Gasteiger partial charge in [0.2, 0.25) is 0 Å². The number of rotatable bonds is 2. The van der Waals surface area contributed by atoms with E-state index >= 15 is 0 Å². The summed E-state index contributed by atoms with van der Waals surface area (Å²) < 4.78 is 15.7. The molecule has 0 bridgehead atoms. The van der Waals surface area contributed by atoms with Crippen LogP contribution in [0.2, 0.25) is 0 Å². The van der Waals surface area contributed by atoms with E-state index in [2.05, 4.69) is 21.0 Å². The zero-order chi connectivity index (χ0) is 10.1. The van der Waals surface area contributed by atoms with E-state index in [1.165, 1.54) is 0 Å². The molecule has 0 aliphatic heterocycles. The fourth-order valence-electron chi connectivity index (χ4n) is 1.91. The van der Waals surface area contributed by atoms with Crippen LogP contribution in [-0.2, 0) is 6.54 Å². The first-order chi connectivity index (χ1) is 6.65. The molecule has 1 saturated carbocycles. The van der Waals surface area contributed by atoms with Crippen molar-refractivity contribution in [2.75, 3.05) is 0 Å². The first kappa shape index (κ1) is 10.1. The van der Waals surface area contributed by atoms with Crippen molar-refractivity contribution < 1.29 is 9.50 Å². The molecular formula is C9H12BrFN2O. The number of nitrogens with zero attached hydrogens (tertiary/aromatic N) is 2. The van der Waals surface area contributed by atoms with E-state index in [0.29, 0.717) is 19.4 Å². The van der Waals surface area contributed by atoms with Gasteiger partial charge in [-0.25, -0.2) is 4.39 Å². The lowest BCUT2D eigenvalue weighted by Crippen LogP contribution is -2.12. The molecule has 1 fully saturated rings. The van der Waals surface area contributed by atoms with Crippen LogP contribution >= 0.6 is 15.9 Å². The molecule has 5 heteroatoms. The van der Waals surface area contributed by atoms with Gasteiger partial charge in [-0.3, -0.25) is 4.68 Å². The quantitative estimate of drug-likeness (QED) is 0.882. The van der Waals surface area contributed by atoms with E-state index in [4.69, 9.17) is 0 Å². The highest BCUT2D eigenvalue weighted by Crippen LogP contribution is 2.29. The summed E-state index contributed by atoms with van der Waals surface area (Å²) in [7, 11) is 0. The molecule has 1 N–H and O–H groups in total. The third kappa shape index (κ3) is 2.15. The largest absolute Gasteiger partial charge is 0.390 e. The Morgan fingerprint density at radius 3 is 2.93 bits per heavy atom. The van der Waals surface area contributed by atoms with Crippen molar-refractivity contribution in [1.29, 1.82) is 0 Å². The smallest absolute Gasteiger partial charge is 0.126 e. The summed E-state index contributed by atoms with van der Waals surface area (Å²) in [5.41, 5.74) is 0. The predicted octanol–water partition coefficient (Wildman–Crippen LogP) is 1.75. The average Bonchev–Trinajstić information content (AvgIpc) is 2.62. The Labute approximate surface area is 90.0 Å². The summed E-state index contributed by atoms with van der Waals surface area (Å²) in [5, 5.41) is 13.3. The minimum absolute atomic E-state index is 0.201. The molecule has 3 atom stereocenters. The maximum atomic E-state index is 13.0. The second-order valence-electron chi connectivity index (χ2n) is 3.80. The van der Waals surface area contributed by atoms with Gasteiger partial charge in [0.1, 0.15) is 6.17 Å². The lowest BCUT2D eigenvalue weighted by atomic mass is 10.1. The van der Waals surface area contributed by atoms with Gasteiger partial charge in [0.25, 0.3) is 0 Å². The predicted molar refractivity (Wildman–Crippen MR) is 53.6 cm³/mol. The van der Waals surface area contributed by atoms with Crippen molar-refractivity contribution in [3.05, 3.63) is 16.9 Å². The SMILES string of the molecule is O[C@@H]1CC(Cn2cc(Br)cn2)C[C@H]1F. The molecule has 1 aromatic heterocycles. The van der Waals surface area contributed by atoms with Crippen molar-refractivity contribution >= 4 is 15.9 Å². The van der Waals surface area contributed by atoms with Crippen LogP contribution in [-0.4, -0.2) is 27.2 Å². The number of aliphatic hydroxyl groups is 1. The molecule has 0 saturated heterocycles. The third-order valence-corrected chi connectivity index (χ3v) is 3.01. The summed E-state index contributed by atoms with van der Waals surface area (Å²) in [6, 6.07) is 0. The summed E-state index contributed by atoms with van der Waals surface area (Å²) >= 11 is 3.30. The van der Waals surface area contributed by atoms with Crippen LogP contribution in [0.15, 0.2) is 16.9 Å². The van der Waals surface area contributed by atoms with Crippen LogP contribution < -0.4 is 0 Å². The molecule has 1 aliphatic carbocycles. The standard InChI is InChI=1S/C9H12BrFN2O/c10-7-3-12-13(5-7)4-6-1-8(11)9(14)2-6/h3,5-6,8-9,14H,1-2,4H2/t6?,8-,9-/m1/s1. The number of alkyl halides is 1. The van der Waals surface area contributed by atoms with Crippen LogP contribution in [0.25, 0.3) is 0 Å². The maximum Gasteiger partial charge on any atom is 0.126 e. The Balaban J connectivity index is 1.93. The Morgan fingerprint density at radius 2 is 2.43 bits per heavy atom. The van der Waals surface area contributed by atoms with Gasteiger partial charge in [0.05, 0.1) is 16.8 Å². The van der Waals surface area contributed by atoms with E-state index in [0.717, 1.165) is 4.47 Å². The highest BCUT2D eigenvalue weighted by Gasteiger charge is 2.32. The molecular weight excluding hydrogens is 251 g/mol. The fraction of sp³-hybridized carbons (Fsp3) is 0.667. The summed E-state index contributed by atoms with van der Waals surface area (Å²) in [4.78, 5) is 0. The van der Waals surface area contributed by atoms with Gasteiger partial charge in [-0.05, 0) is 34.7 Å². The summed E-state index contributed by atoms with van der Waals surface area (Å²) in [6.45, 7) is 0.684. The minimum Gasteiger partial charge on any atom is -0.390 e. The maximum absolute atomic E-state index is 13.0. The Kier molecular flexibility index (Phi) is 2.88. The van der Waals surface area contributed by atoms with Crippen LogP contribution in [0.3, 0.4) is 0 Å². The van der Waals surface area contributed by atoms with E-state index in [9.17, 15) is 9.50 Å². The molecule has 14 heavy (non-hydrogen) atoms. The van der Waals surface area contributed by atoms with Crippen LogP contribution in [0, 0.1) is 5.92 Å². The number of halogens is 2. The second-order valence-corrected chi connectivity index (χ2v) is 4.72. The molecule has 0 spiro atoms. The number of aliphatic hydroxyl groups excluding tert-OH is 1. The molecule has 0 aromatic carbocycles. The Morgan fingerprint density at radius 1 is 1.64 bits per heavy atom. The first-order valence-corrected chi connectivity index (χ1v) is 5.44. The molecule has 1 heterocycles. The van der Waals surface area contributed by atoms with E-state index in [-0.39, 0.29) is 5.92 Å². The van der Waals surface area contributed by atoms with Gasteiger partial charge < -0.3 is 5.11 Å². The van der Waals surface area contributed by atoms with Crippen LogP contribution in [0.5, 0.6) is 0 Å². The summed E-state index contributed by atoms with van der Waals surface area (Å²) in [6.07, 6.45) is 2.71. The normalized spacial score (nSPS) is 32.4. The zero-order valence-electron chi connectivity index (χ0n) is 7.61. The van der Waals surface area contributed by atoms with Gasteiger partial charge in [0.15, 0.2) is 0 Å². The molecule has 0 amide bonds. The second kappa shape index (κ2) is 3.98. The van der Waals surface area contributed by atoms with Gasteiger partial charge in [0, 0.05) is 12.7 Å². The highest BCUT2D eigenvalue weighted by molar-refractivity contribution is 9.10. The molecule has 78 valence electrons. The fourth-order valence-corrected chi connectivity index (χ4v) is 2.24. The average molecular weight is 263 g/mol. The molecule has 2 rings (SSSR count). The topological polar surface area (TPSA) is 38.0 Å². The van der Waals surface area contributed by atoms with Crippen molar-refractivity contribution in [3.63, 3.8) is 0 Å². The lowest BCUT2D eigenvalue weighted by molar-refractivity contribution is 0.102. The number of hydrogen-bond acceptors (Lipinski definition) is 2. The first-order valence-electron chi connectivity index (χ1n) is 4.65. The summed E-state index contributed by atoms with van der Waals surface area (Å²) in [5.74, 6) is 0.201. The van der Waals surface area contributed by atoms with Crippen molar-refractivity contribution in [2.45, 2.75) is 31.7 Å². The van der Waals surface area contributed by atoms with Gasteiger partial charge >= 0.3 is 0 Å². The van der Waals surface area contributed by atoms with Crippen molar-refractivity contribution in [3.8, 4) is 0 Å². The Hall–Kier alpha value is -0.420. The number of hydrogen-bond donors (Lipinski definition) is 1. The molecule has 0 radical (unpaired) electrons. The van der Waals surface area contributed by atoms with Gasteiger partial charge in [-0.2, -0.15) is 5.10 Å². The van der Waals surface area contributed by atoms with Gasteiger partial charge in [-0.15, -0.1) is 0 Å². The van der Waals surface area contributed by atoms with Crippen LogP contribution in [0.1, 0.15) is 12.8 Å². The zero-order valence-corrected chi connectivity index (χ0v) is 9.19. The minimum atomic E-state index is -1.06. The third-order valence-electron chi connectivity index (χ3n) is 2.60. The van der Waals surface area contributed by atoms with Gasteiger partial charge in [-0.1, -0.05) is 0 Å². The van der Waals surface area contributed by atoms with E-state index in [1.807, 2.05) is 6.20 Å². The molecule has 3 nitrogen and oxygen atoms in total. The van der Waals surface area contributed by atoms with Crippen molar-refractivity contribution in [1.82, 2.24) is 9.78 Å². The monoisotopic (exact) mass is 262 g/mol. The van der Waals surface area contributed by atoms with E-state index in [1.54, 1.807) is 10.9 Å². The molecule has 1 aromatic rings. The highest BCUT2D eigenvalue weighted by atomic mass is 79.9. The molecule has 1 aliphatic rings. The van der Waals surface area contributed by atoms with E-state index < -0.39 is 12.3 Å². The Bertz CT molecular complexity index is 308. The molecule has 1 unspecified atom stereocenters. The number of aromatic nitrogens is 2.